The fraction of sp³-hybridized carbons (Fsp3) is 0.0952. The minimum Gasteiger partial charge on any atom is -0.845 e. The van der Waals surface area contributed by atoms with Crippen LogP contribution in [0.2, 0.25) is 0 Å². The summed E-state index contributed by atoms with van der Waals surface area (Å²) in [5.74, 6) is -0.653. The Kier molecular flexibility index (Phi) is 5.98. The molecule has 3 N–H and O–H groups in total. The molecule has 2 aromatic carbocycles. The number of hydrogen-bond donors (Lipinski definition) is 3. The zero-order chi connectivity index (χ0) is 24.6. The Morgan fingerprint density at radius 2 is 1.85 bits per heavy atom. The molecule has 0 saturated carbocycles. The number of sulfonamides is 1. The number of aromatic nitrogens is 2. The van der Waals surface area contributed by atoms with E-state index in [1.165, 1.54) is 43.4 Å². The normalized spacial score (nSPS) is 12.1. The van der Waals surface area contributed by atoms with Crippen molar-refractivity contribution in [2.24, 2.45) is 4.40 Å². The van der Waals surface area contributed by atoms with Crippen LogP contribution in [0.3, 0.4) is 0 Å². The lowest BCUT2D eigenvalue weighted by Crippen LogP contribution is -2.33. The number of thiophene rings is 1. The van der Waals surface area contributed by atoms with Gasteiger partial charge >= 0.3 is 5.69 Å². The summed E-state index contributed by atoms with van der Waals surface area (Å²) in [4.78, 5) is 28.7. The van der Waals surface area contributed by atoms with E-state index in [-0.39, 0.29) is 32.2 Å². The molecule has 13 heteroatoms. The highest BCUT2D eigenvalue weighted by Crippen LogP contribution is 2.23. The van der Waals surface area contributed by atoms with Crippen LogP contribution in [0.4, 0.5) is 15.8 Å². The Morgan fingerprint density at radius 1 is 1.15 bits per heavy atom. The first-order valence-electron chi connectivity index (χ1n) is 9.71. The molecule has 0 aliphatic heterocycles. The maximum Gasteiger partial charge on any atom is 0.333 e. The van der Waals surface area contributed by atoms with Crippen molar-refractivity contribution in [1.82, 2.24) is 9.55 Å². The minimum absolute atomic E-state index is 0.0266. The van der Waals surface area contributed by atoms with Crippen LogP contribution in [-0.2, 0) is 10.0 Å². The van der Waals surface area contributed by atoms with Gasteiger partial charge in [-0.05, 0) is 55.5 Å². The highest BCUT2D eigenvalue weighted by Gasteiger charge is 2.15. The van der Waals surface area contributed by atoms with Gasteiger partial charge in [-0.15, -0.1) is 11.3 Å². The molecule has 4 rings (SSSR count). The van der Waals surface area contributed by atoms with E-state index in [1.54, 1.807) is 13.0 Å². The first-order chi connectivity index (χ1) is 16.1. The number of aryl methyl sites for hydroxylation is 1. The average molecular weight is 503 g/mol. The van der Waals surface area contributed by atoms with Crippen molar-refractivity contribution in [3.63, 3.8) is 0 Å². The van der Waals surface area contributed by atoms with Crippen molar-refractivity contribution in [2.45, 2.75) is 11.1 Å². The van der Waals surface area contributed by atoms with Crippen LogP contribution in [0.1, 0.15) is 4.88 Å². The molecule has 0 amide bonds. The van der Waals surface area contributed by atoms with Crippen molar-refractivity contribution in [3.8, 4) is 5.69 Å². The number of benzene rings is 2. The Balaban J connectivity index is 1.64. The number of nitrogens with one attached hydrogen (secondary N) is 3. The van der Waals surface area contributed by atoms with Crippen LogP contribution >= 0.6 is 11.3 Å². The highest BCUT2D eigenvalue weighted by molar-refractivity contribution is 7.92. The van der Waals surface area contributed by atoms with E-state index < -0.39 is 33.1 Å². The monoisotopic (exact) mass is 502 g/mol. The number of hydrogen-bond acceptors (Lipinski definition) is 7. The second-order valence-electron chi connectivity index (χ2n) is 7.11. The first kappa shape index (κ1) is 23.2. The molecule has 2 aromatic heterocycles. The Bertz CT molecular complexity index is 1650. The zero-order valence-corrected chi connectivity index (χ0v) is 19.4. The van der Waals surface area contributed by atoms with Crippen molar-refractivity contribution < 1.29 is 17.9 Å². The lowest BCUT2D eigenvalue weighted by molar-refractivity contribution is -0.213. The van der Waals surface area contributed by atoms with Gasteiger partial charge < -0.3 is 20.7 Å². The van der Waals surface area contributed by atoms with E-state index in [9.17, 15) is 27.5 Å². The van der Waals surface area contributed by atoms with E-state index in [0.29, 0.717) is 0 Å². The second kappa shape index (κ2) is 8.76. The molecular weight excluding hydrogens is 485 g/mol. The predicted molar refractivity (Wildman–Crippen MR) is 127 cm³/mol. The molecule has 2 heterocycles. The largest absolute Gasteiger partial charge is 0.845 e. The number of amidine groups is 1. The molecule has 0 fully saturated rings. The van der Waals surface area contributed by atoms with Gasteiger partial charge in [0.15, 0.2) is 0 Å². The van der Waals surface area contributed by atoms with Gasteiger partial charge in [0.2, 0.25) is 0 Å². The minimum atomic E-state index is -4.15. The van der Waals surface area contributed by atoms with Gasteiger partial charge in [-0.2, -0.15) is 12.8 Å². The summed E-state index contributed by atoms with van der Waals surface area (Å²) in [7, 11) is -2.64. The molecule has 4 aromatic rings. The fourth-order valence-corrected chi connectivity index (χ4v) is 5.32. The van der Waals surface area contributed by atoms with Gasteiger partial charge in [0.1, 0.15) is 10.0 Å². The van der Waals surface area contributed by atoms with E-state index in [1.807, 2.05) is 0 Å². The van der Waals surface area contributed by atoms with Crippen molar-refractivity contribution in [1.29, 1.82) is 0 Å². The highest BCUT2D eigenvalue weighted by atomic mass is 32.2. The van der Waals surface area contributed by atoms with Gasteiger partial charge in [-0.25, -0.2) is 13.8 Å². The lowest BCUT2D eigenvalue weighted by atomic mass is 10.2. The smallest absolute Gasteiger partial charge is 0.333 e. The number of rotatable bonds is 5. The average Bonchev–Trinajstić information content (AvgIpc) is 3.22. The predicted octanol–water partition coefficient (Wildman–Crippen LogP) is 1.75. The van der Waals surface area contributed by atoms with Gasteiger partial charge in [0.25, 0.3) is 15.6 Å². The molecule has 0 bridgehead atoms. The molecule has 0 aliphatic rings. The summed E-state index contributed by atoms with van der Waals surface area (Å²) in [5.41, 5.74) is -0.834. The number of fused-ring (bicyclic) bond motifs is 1. The van der Waals surface area contributed by atoms with Crippen LogP contribution < -0.4 is 27.0 Å². The standard InChI is InChI=1S/C21H18FN5O5S2/c1-11-3-8-18(33-11)34(31,32)26-20(29)24-12-4-6-13(7-5-12)27-19(28)14-9-15(22)17(23-2)10-16(14)25-21(27)30/h3-10,23H,1-2H3,(H,25,30)(H2,24,26,29)/p-1. The van der Waals surface area contributed by atoms with Gasteiger partial charge in [-0.1, -0.05) is 0 Å². The number of nitrogens with zero attached hydrogens (tertiary/aromatic N) is 2. The molecule has 10 nitrogen and oxygen atoms in total. The van der Waals surface area contributed by atoms with Crippen LogP contribution in [0.5, 0.6) is 0 Å². The SMILES string of the molecule is CNc1cc2[nH]c(=O)n(-c3ccc(N/C([O-])=N\S(=O)(=O)c4ccc(C)s4)cc3)c(=O)c2cc1F. The summed E-state index contributed by atoms with van der Waals surface area (Å²) >= 11 is 0.995. The van der Waals surface area contributed by atoms with Gasteiger partial charge in [-0.3, -0.25) is 4.79 Å². The lowest BCUT2D eigenvalue weighted by Gasteiger charge is -2.14. The summed E-state index contributed by atoms with van der Waals surface area (Å²) in [6.45, 7) is 1.73. The molecule has 0 aliphatic carbocycles. The topological polar surface area (TPSA) is 148 Å². The molecule has 0 spiro atoms. The number of anilines is 2. The second-order valence-corrected chi connectivity index (χ2v) is 10.2. The molecule has 176 valence electrons. The third-order valence-electron chi connectivity index (χ3n) is 4.80. The van der Waals surface area contributed by atoms with Gasteiger partial charge in [0, 0.05) is 17.6 Å². The van der Waals surface area contributed by atoms with Crippen molar-refractivity contribution in [3.05, 3.63) is 80.1 Å². The Morgan fingerprint density at radius 3 is 2.47 bits per heavy atom. The van der Waals surface area contributed by atoms with Crippen molar-refractivity contribution >= 4 is 49.7 Å². The summed E-state index contributed by atoms with van der Waals surface area (Å²) in [6.07, 6.45) is 0. The Labute approximate surface area is 196 Å². The van der Waals surface area contributed by atoms with Crippen LogP contribution in [-0.4, -0.2) is 31.0 Å². The first-order valence-corrected chi connectivity index (χ1v) is 12.0. The summed E-state index contributed by atoms with van der Waals surface area (Å²) in [5, 5.41) is 17.0. The van der Waals surface area contributed by atoms with E-state index in [0.717, 1.165) is 26.8 Å². The van der Waals surface area contributed by atoms with E-state index in [2.05, 4.69) is 20.0 Å². The van der Waals surface area contributed by atoms with Crippen molar-refractivity contribution in [2.75, 3.05) is 17.7 Å². The van der Waals surface area contributed by atoms with Crippen LogP contribution in [0.15, 0.2) is 66.7 Å². The van der Waals surface area contributed by atoms with Crippen LogP contribution in [0.25, 0.3) is 16.6 Å². The third-order valence-corrected chi connectivity index (χ3v) is 7.53. The molecule has 0 radical (unpaired) electrons. The summed E-state index contributed by atoms with van der Waals surface area (Å²) < 4.78 is 42.6. The molecule has 0 unspecified atom stereocenters. The number of H-pyrrole nitrogens is 1. The van der Waals surface area contributed by atoms with Gasteiger partial charge in [0.05, 0.1) is 28.3 Å². The quantitative estimate of drug-likeness (QED) is 0.278. The molecule has 0 saturated heterocycles. The third kappa shape index (κ3) is 4.43. The van der Waals surface area contributed by atoms with Crippen LogP contribution in [0, 0.1) is 12.7 Å². The zero-order valence-electron chi connectivity index (χ0n) is 17.7. The molecular formula is C21H17FN5O5S2-. The summed E-state index contributed by atoms with van der Waals surface area (Å²) in [6, 6.07) is 9.69. The number of halogens is 1. The Hall–Kier alpha value is -3.97. The van der Waals surface area contributed by atoms with E-state index in [4.69, 9.17) is 0 Å². The number of aromatic amines is 1. The molecule has 34 heavy (non-hydrogen) atoms. The maximum atomic E-state index is 14.1. The maximum absolute atomic E-state index is 14.1. The molecule has 0 atom stereocenters. The van der Waals surface area contributed by atoms with E-state index >= 15 is 0 Å². The fourth-order valence-electron chi connectivity index (χ4n) is 3.21.